The summed E-state index contributed by atoms with van der Waals surface area (Å²) in [6, 6.07) is 5.65. The second kappa shape index (κ2) is 7.47. The van der Waals surface area contributed by atoms with E-state index in [0.29, 0.717) is 12.2 Å². The molecular weight excluding hydrogens is 353 g/mol. The number of nitrogens with zero attached hydrogens (tertiary/aromatic N) is 4. The molecule has 0 fully saturated rings. The molecule has 0 saturated heterocycles. The maximum absolute atomic E-state index is 13.3. The number of imidazole rings is 1. The lowest BCUT2D eigenvalue weighted by atomic mass is 10.0. The molecule has 1 unspecified atom stereocenters. The van der Waals surface area contributed by atoms with Crippen LogP contribution in [0.4, 0.5) is 18.9 Å². The summed E-state index contributed by atoms with van der Waals surface area (Å²) in [5.41, 5.74) is 1.30. The Hall–Kier alpha value is -2.75. The summed E-state index contributed by atoms with van der Waals surface area (Å²) in [5.74, 6) is 0. The number of rotatable bonds is 5. The fraction of sp³-hybridized carbons (Fsp3) is 0.400. The Labute approximate surface area is 156 Å². The molecule has 0 spiro atoms. The standard InChI is InChI=1S/C20H21F3N4/c1-3-26-12-19(25-13-26)14-5-7-16(9-14)27(4-2)17-8-6-15(11-24)18(10-17)20(21,22)23/h5-6,8,10,12-13,16H,3-4,7,9H2,1-2H3. The van der Waals surface area contributed by atoms with Gasteiger partial charge in [0.2, 0.25) is 0 Å². The van der Waals surface area contributed by atoms with Crippen LogP contribution in [-0.2, 0) is 12.7 Å². The molecule has 7 heteroatoms. The Balaban J connectivity index is 1.83. The fourth-order valence-corrected chi connectivity index (χ4v) is 3.54. The van der Waals surface area contributed by atoms with Gasteiger partial charge in [0.15, 0.2) is 0 Å². The first-order chi connectivity index (χ1) is 12.9. The van der Waals surface area contributed by atoms with Crippen LogP contribution < -0.4 is 4.90 Å². The third kappa shape index (κ3) is 3.85. The van der Waals surface area contributed by atoms with E-state index in [2.05, 4.69) is 11.1 Å². The lowest BCUT2D eigenvalue weighted by Gasteiger charge is -2.31. The van der Waals surface area contributed by atoms with Crippen molar-refractivity contribution in [2.45, 2.75) is 45.5 Å². The number of hydrogen-bond donors (Lipinski definition) is 0. The van der Waals surface area contributed by atoms with Gasteiger partial charge in [-0.1, -0.05) is 6.08 Å². The van der Waals surface area contributed by atoms with Crippen LogP contribution in [0.5, 0.6) is 0 Å². The van der Waals surface area contributed by atoms with E-state index in [-0.39, 0.29) is 11.6 Å². The van der Waals surface area contributed by atoms with Crippen molar-refractivity contribution in [2.75, 3.05) is 11.4 Å². The zero-order valence-corrected chi connectivity index (χ0v) is 15.3. The minimum Gasteiger partial charge on any atom is -0.368 e. The fourth-order valence-electron chi connectivity index (χ4n) is 3.54. The number of aryl methyl sites for hydroxylation is 1. The number of alkyl halides is 3. The van der Waals surface area contributed by atoms with Crippen molar-refractivity contribution >= 4 is 11.3 Å². The molecule has 142 valence electrons. The second-order valence-electron chi connectivity index (χ2n) is 6.54. The first-order valence-corrected chi connectivity index (χ1v) is 8.96. The molecule has 0 bridgehead atoms. The zero-order valence-electron chi connectivity index (χ0n) is 15.3. The van der Waals surface area contributed by atoms with Crippen LogP contribution in [0, 0.1) is 11.3 Å². The van der Waals surface area contributed by atoms with Gasteiger partial charge in [0.25, 0.3) is 0 Å². The molecule has 0 N–H and O–H groups in total. The molecule has 0 radical (unpaired) electrons. The Morgan fingerprint density at radius 3 is 2.70 bits per heavy atom. The highest BCUT2D eigenvalue weighted by Crippen LogP contribution is 2.37. The second-order valence-corrected chi connectivity index (χ2v) is 6.54. The average molecular weight is 374 g/mol. The summed E-state index contributed by atoms with van der Waals surface area (Å²) in [4.78, 5) is 6.39. The number of anilines is 1. The SMILES string of the molecule is CCN(c1ccc(C#N)c(C(F)(F)F)c1)C1CC=C(c2cn(CC)cn2)C1. The third-order valence-electron chi connectivity index (χ3n) is 4.96. The molecule has 1 aliphatic carbocycles. The monoisotopic (exact) mass is 374 g/mol. The molecule has 1 atom stereocenters. The van der Waals surface area contributed by atoms with Crippen LogP contribution in [0.2, 0.25) is 0 Å². The molecule has 4 nitrogen and oxygen atoms in total. The summed E-state index contributed by atoms with van der Waals surface area (Å²) >= 11 is 0. The van der Waals surface area contributed by atoms with Gasteiger partial charge in [0, 0.05) is 31.0 Å². The van der Waals surface area contributed by atoms with E-state index >= 15 is 0 Å². The summed E-state index contributed by atoms with van der Waals surface area (Å²) in [7, 11) is 0. The number of benzene rings is 1. The minimum atomic E-state index is -4.55. The smallest absolute Gasteiger partial charge is 0.368 e. The lowest BCUT2D eigenvalue weighted by Crippen LogP contribution is -2.33. The first-order valence-electron chi connectivity index (χ1n) is 8.96. The van der Waals surface area contributed by atoms with E-state index in [9.17, 15) is 13.2 Å². The molecule has 1 aromatic heterocycles. The number of halogens is 3. The van der Waals surface area contributed by atoms with Crippen molar-refractivity contribution in [1.29, 1.82) is 5.26 Å². The van der Waals surface area contributed by atoms with Crippen molar-refractivity contribution in [3.8, 4) is 6.07 Å². The van der Waals surface area contributed by atoms with E-state index in [4.69, 9.17) is 5.26 Å². The topological polar surface area (TPSA) is 44.9 Å². The summed E-state index contributed by atoms with van der Waals surface area (Å²) in [6.07, 6.45) is 2.83. The predicted octanol–water partition coefficient (Wildman–Crippen LogP) is 4.87. The zero-order chi connectivity index (χ0) is 19.6. The van der Waals surface area contributed by atoms with Crippen molar-refractivity contribution in [2.24, 2.45) is 0 Å². The Morgan fingerprint density at radius 2 is 2.11 bits per heavy atom. The normalized spacial score (nSPS) is 16.9. The summed E-state index contributed by atoms with van der Waals surface area (Å²) in [6.45, 7) is 5.39. The highest BCUT2D eigenvalue weighted by Gasteiger charge is 2.35. The quantitative estimate of drug-likeness (QED) is 0.750. The van der Waals surface area contributed by atoms with Crippen molar-refractivity contribution < 1.29 is 13.2 Å². The summed E-state index contributed by atoms with van der Waals surface area (Å²) < 4.78 is 41.9. The van der Waals surface area contributed by atoms with Crippen LogP contribution in [0.15, 0.2) is 36.8 Å². The van der Waals surface area contributed by atoms with Gasteiger partial charge in [0.1, 0.15) is 0 Å². The molecule has 0 amide bonds. The first kappa shape index (κ1) is 19.0. The maximum Gasteiger partial charge on any atom is 0.417 e. The van der Waals surface area contributed by atoms with Crippen molar-refractivity contribution in [3.05, 3.63) is 53.6 Å². The highest BCUT2D eigenvalue weighted by molar-refractivity contribution is 5.67. The maximum atomic E-state index is 13.3. The molecule has 2 aromatic rings. The van der Waals surface area contributed by atoms with Gasteiger partial charge in [-0.15, -0.1) is 0 Å². The Morgan fingerprint density at radius 1 is 1.33 bits per heavy atom. The molecule has 1 aliphatic rings. The molecular formula is C20H21F3N4. The van der Waals surface area contributed by atoms with Gasteiger partial charge < -0.3 is 9.47 Å². The Bertz CT molecular complexity index is 889. The highest BCUT2D eigenvalue weighted by atomic mass is 19.4. The van der Waals surface area contributed by atoms with Crippen LogP contribution in [0.25, 0.3) is 5.57 Å². The van der Waals surface area contributed by atoms with Crippen LogP contribution >= 0.6 is 0 Å². The number of aromatic nitrogens is 2. The van der Waals surface area contributed by atoms with Gasteiger partial charge in [0.05, 0.1) is 29.2 Å². The molecule has 1 heterocycles. The van der Waals surface area contributed by atoms with E-state index in [0.717, 1.165) is 36.7 Å². The Kier molecular flexibility index (Phi) is 5.26. The lowest BCUT2D eigenvalue weighted by molar-refractivity contribution is -0.137. The summed E-state index contributed by atoms with van der Waals surface area (Å²) in [5, 5.41) is 8.98. The van der Waals surface area contributed by atoms with E-state index in [1.807, 2.05) is 29.5 Å². The van der Waals surface area contributed by atoms with Crippen LogP contribution in [0.3, 0.4) is 0 Å². The average Bonchev–Trinajstić information content (AvgIpc) is 3.31. The van der Waals surface area contributed by atoms with Gasteiger partial charge in [-0.2, -0.15) is 18.4 Å². The van der Waals surface area contributed by atoms with E-state index < -0.39 is 11.7 Å². The third-order valence-corrected chi connectivity index (χ3v) is 4.96. The van der Waals surface area contributed by atoms with E-state index in [1.165, 1.54) is 6.07 Å². The largest absolute Gasteiger partial charge is 0.417 e. The van der Waals surface area contributed by atoms with Gasteiger partial charge in [-0.3, -0.25) is 0 Å². The van der Waals surface area contributed by atoms with Gasteiger partial charge >= 0.3 is 6.18 Å². The van der Waals surface area contributed by atoms with Crippen LogP contribution in [-0.4, -0.2) is 22.1 Å². The van der Waals surface area contributed by atoms with E-state index in [1.54, 1.807) is 18.5 Å². The van der Waals surface area contributed by atoms with Crippen molar-refractivity contribution in [3.63, 3.8) is 0 Å². The van der Waals surface area contributed by atoms with Gasteiger partial charge in [-0.05, 0) is 50.5 Å². The molecule has 0 saturated carbocycles. The molecule has 1 aromatic carbocycles. The molecule has 0 aliphatic heterocycles. The molecule has 3 rings (SSSR count). The number of hydrogen-bond acceptors (Lipinski definition) is 3. The van der Waals surface area contributed by atoms with Crippen molar-refractivity contribution in [1.82, 2.24) is 9.55 Å². The predicted molar refractivity (Wildman–Crippen MR) is 98.1 cm³/mol. The minimum absolute atomic E-state index is 0.0748. The van der Waals surface area contributed by atoms with Gasteiger partial charge in [-0.25, -0.2) is 4.98 Å². The van der Waals surface area contributed by atoms with Crippen LogP contribution in [0.1, 0.15) is 43.5 Å². The number of nitriles is 1. The molecule has 27 heavy (non-hydrogen) atoms.